The number of hydrogen-bond acceptors (Lipinski definition) is 4. The second-order valence-corrected chi connectivity index (χ2v) is 6.50. The lowest BCUT2D eigenvalue weighted by Crippen LogP contribution is -2.26. The van der Waals surface area contributed by atoms with E-state index in [-0.39, 0.29) is 11.8 Å². The first-order valence-corrected chi connectivity index (χ1v) is 9.38. The molecule has 2 N–H and O–H groups in total. The zero-order valence-electron chi connectivity index (χ0n) is 16.5. The second kappa shape index (κ2) is 9.71. The van der Waals surface area contributed by atoms with Gasteiger partial charge in [-0.05, 0) is 41.5 Å². The SMILES string of the molecule is COCCCNC(=O)c1ccccc1NC(=O)c1cc2ccccc2cc1OC. The maximum absolute atomic E-state index is 13.0. The van der Waals surface area contributed by atoms with Crippen molar-refractivity contribution in [2.24, 2.45) is 0 Å². The molecule has 3 rings (SSSR count). The Labute approximate surface area is 169 Å². The second-order valence-electron chi connectivity index (χ2n) is 6.50. The van der Waals surface area contributed by atoms with Gasteiger partial charge in [0.15, 0.2) is 0 Å². The lowest BCUT2D eigenvalue weighted by Gasteiger charge is -2.14. The Bertz CT molecular complexity index is 1020. The average Bonchev–Trinajstić information content (AvgIpc) is 2.76. The third-order valence-electron chi connectivity index (χ3n) is 4.54. The van der Waals surface area contributed by atoms with Gasteiger partial charge in [-0.1, -0.05) is 36.4 Å². The van der Waals surface area contributed by atoms with Gasteiger partial charge in [-0.3, -0.25) is 9.59 Å². The summed E-state index contributed by atoms with van der Waals surface area (Å²) < 4.78 is 10.4. The number of ether oxygens (including phenoxy) is 2. The summed E-state index contributed by atoms with van der Waals surface area (Å²) in [6.45, 7) is 1.06. The molecule has 3 aromatic carbocycles. The van der Waals surface area contributed by atoms with Crippen molar-refractivity contribution in [2.45, 2.75) is 6.42 Å². The summed E-state index contributed by atoms with van der Waals surface area (Å²) in [5.41, 5.74) is 1.25. The Morgan fingerprint density at radius 1 is 0.862 bits per heavy atom. The van der Waals surface area contributed by atoms with Crippen LogP contribution in [0.4, 0.5) is 5.69 Å². The molecule has 0 atom stereocenters. The van der Waals surface area contributed by atoms with Crippen molar-refractivity contribution < 1.29 is 19.1 Å². The van der Waals surface area contributed by atoms with E-state index in [4.69, 9.17) is 9.47 Å². The molecule has 0 aliphatic heterocycles. The fourth-order valence-corrected chi connectivity index (χ4v) is 3.06. The summed E-state index contributed by atoms with van der Waals surface area (Å²) in [4.78, 5) is 25.5. The van der Waals surface area contributed by atoms with Gasteiger partial charge in [-0.2, -0.15) is 0 Å². The van der Waals surface area contributed by atoms with Crippen molar-refractivity contribution in [1.82, 2.24) is 5.32 Å². The van der Waals surface area contributed by atoms with Crippen LogP contribution in [0.1, 0.15) is 27.1 Å². The van der Waals surface area contributed by atoms with Crippen molar-refractivity contribution >= 4 is 28.3 Å². The molecule has 150 valence electrons. The zero-order valence-corrected chi connectivity index (χ0v) is 16.5. The molecule has 0 saturated heterocycles. The van der Waals surface area contributed by atoms with Crippen LogP contribution in [-0.2, 0) is 4.74 Å². The van der Waals surface area contributed by atoms with Crippen molar-refractivity contribution in [3.05, 3.63) is 71.8 Å². The van der Waals surface area contributed by atoms with Crippen LogP contribution in [-0.4, -0.2) is 39.2 Å². The smallest absolute Gasteiger partial charge is 0.259 e. The van der Waals surface area contributed by atoms with Gasteiger partial charge in [0.1, 0.15) is 5.75 Å². The first kappa shape index (κ1) is 20.4. The molecule has 0 fully saturated rings. The van der Waals surface area contributed by atoms with Crippen LogP contribution in [0.2, 0.25) is 0 Å². The van der Waals surface area contributed by atoms with Gasteiger partial charge in [0.25, 0.3) is 11.8 Å². The molecular weight excluding hydrogens is 368 g/mol. The summed E-state index contributed by atoms with van der Waals surface area (Å²) in [6, 6.07) is 18.3. The van der Waals surface area contributed by atoms with E-state index in [0.29, 0.717) is 42.1 Å². The zero-order chi connectivity index (χ0) is 20.6. The highest BCUT2D eigenvalue weighted by Gasteiger charge is 2.17. The normalized spacial score (nSPS) is 10.6. The van der Waals surface area contributed by atoms with Gasteiger partial charge in [0.05, 0.1) is 23.9 Å². The maximum atomic E-state index is 13.0. The van der Waals surface area contributed by atoms with E-state index in [1.54, 1.807) is 37.4 Å². The summed E-state index contributed by atoms with van der Waals surface area (Å²) in [5.74, 6) is -0.114. The Kier molecular flexibility index (Phi) is 6.81. The molecule has 0 spiro atoms. The molecule has 6 nitrogen and oxygen atoms in total. The number of carbonyl (C=O) groups is 2. The third kappa shape index (κ3) is 4.92. The standard InChI is InChI=1S/C23H24N2O4/c1-28-13-7-12-24-22(26)18-10-5-6-11-20(18)25-23(27)19-14-16-8-3-4-9-17(16)15-21(19)29-2/h3-6,8-11,14-15H,7,12-13H2,1-2H3,(H,24,26)(H,25,27). The van der Waals surface area contributed by atoms with Gasteiger partial charge >= 0.3 is 0 Å². The van der Waals surface area contributed by atoms with Gasteiger partial charge in [0, 0.05) is 20.3 Å². The summed E-state index contributed by atoms with van der Waals surface area (Å²) in [6.07, 6.45) is 0.713. The summed E-state index contributed by atoms with van der Waals surface area (Å²) in [5, 5.41) is 7.60. The van der Waals surface area contributed by atoms with Crippen LogP contribution in [0, 0.1) is 0 Å². The van der Waals surface area contributed by atoms with Crippen molar-refractivity contribution in [2.75, 3.05) is 32.7 Å². The predicted octanol–water partition coefficient (Wildman–Crippen LogP) is 3.87. The molecule has 0 aromatic heterocycles. The Hall–Kier alpha value is -3.38. The first-order valence-electron chi connectivity index (χ1n) is 9.38. The predicted molar refractivity (Wildman–Crippen MR) is 114 cm³/mol. The number of amides is 2. The number of rotatable bonds is 8. The average molecular weight is 392 g/mol. The molecule has 6 heteroatoms. The van der Waals surface area contributed by atoms with Crippen LogP contribution >= 0.6 is 0 Å². The molecule has 0 saturated carbocycles. The monoisotopic (exact) mass is 392 g/mol. The van der Waals surface area contributed by atoms with E-state index in [1.165, 1.54) is 7.11 Å². The molecular formula is C23H24N2O4. The fourth-order valence-electron chi connectivity index (χ4n) is 3.06. The van der Waals surface area contributed by atoms with E-state index >= 15 is 0 Å². The number of methoxy groups -OCH3 is 2. The van der Waals surface area contributed by atoms with E-state index in [0.717, 1.165) is 10.8 Å². The fraction of sp³-hybridized carbons (Fsp3) is 0.217. The number of para-hydroxylation sites is 1. The summed E-state index contributed by atoms with van der Waals surface area (Å²) in [7, 11) is 3.15. The van der Waals surface area contributed by atoms with Gasteiger partial charge in [-0.25, -0.2) is 0 Å². The number of hydrogen-bond donors (Lipinski definition) is 2. The largest absolute Gasteiger partial charge is 0.496 e. The Balaban J connectivity index is 1.82. The topological polar surface area (TPSA) is 76.7 Å². The van der Waals surface area contributed by atoms with Crippen LogP contribution in [0.15, 0.2) is 60.7 Å². The molecule has 0 aliphatic rings. The van der Waals surface area contributed by atoms with Crippen LogP contribution in [0.3, 0.4) is 0 Å². The molecule has 0 radical (unpaired) electrons. The summed E-state index contributed by atoms with van der Waals surface area (Å²) >= 11 is 0. The number of carbonyl (C=O) groups excluding carboxylic acids is 2. The molecule has 0 bridgehead atoms. The van der Waals surface area contributed by atoms with E-state index < -0.39 is 0 Å². The minimum Gasteiger partial charge on any atom is -0.496 e. The van der Waals surface area contributed by atoms with Crippen molar-refractivity contribution in [3.63, 3.8) is 0 Å². The third-order valence-corrected chi connectivity index (χ3v) is 4.54. The molecule has 3 aromatic rings. The molecule has 0 heterocycles. The molecule has 0 aliphatic carbocycles. The number of fused-ring (bicyclic) bond motifs is 1. The Morgan fingerprint density at radius 3 is 2.28 bits per heavy atom. The lowest BCUT2D eigenvalue weighted by atomic mass is 10.0. The van der Waals surface area contributed by atoms with Crippen molar-refractivity contribution in [3.8, 4) is 5.75 Å². The van der Waals surface area contributed by atoms with Crippen LogP contribution in [0.25, 0.3) is 10.8 Å². The van der Waals surface area contributed by atoms with Crippen LogP contribution < -0.4 is 15.4 Å². The highest BCUT2D eigenvalue weighted by Crippen LogP contribution is 2.27. The number of benzene rings is 3. The first-order chi connectivity index (χ1) is 14.1. The van der Waals surface area contributed by atoms with Gasteiger partial charge in [0.2, 0.25) is 0 Å². The quantitative estimate of drug-likeness (QED) is 0.571. The number of anilines is 1. The highest BCUT2D eigenvalue weighted by molar-refractivity contribution is 6.11. The molecule has 2 amide bonds. The molecule has 29 heavy (non-hydrogen) atoms. The minimum absolute atomic E-state index is 0.248. The van der Waals surface area contributed by atoms with Gasteiger partial charge < -0.3 is 20.1 Å². The Morgan fingerprint density at radius 2 is 1.55 bits per heavy atom. The van der Waals surface area contributed by atoms with Gasteiger partial charge in [-0.15, -0.1) is 0 Å². The van der Waals surface area contributed by atoms with Crippen molar-refractivity contribution in [1.29, 1.82) is 0 Å². The van der Waals surface area contributed by atoms with E-state index in [1.807, 2.05) is 30.3 Å². The molecule has 0 unspecified atom stereocenters. The maximum Gasteiger partial charge on any atom is 0.259 e. The van der Waals surface area contributed by atoms with Crippen LogP contribution in [0.5, 0.6) is 5.75 Å². The minimum atomic E-state index is -0.341. The van der Waals surface area contributed by atoms with E-state index in [2.05, 4.69) is 10.6 Å². The van der Waals surface area contributed by atoms with E-state index in [9.17, 15) is 9.59 Å². The lowest BCUT2D eigenvalue weighted by molar-refractivity contribution is 0.0949. The number of nitrogens with one attached hydrogen (secondary N) is 2. The highest BCUT2D eigenvalue weighted by atomic mass is 16.5.